The van der Waals surface area contributed by atoms with Crippen molar-refractivity contribution < 1.29 is 14.3 Å². The van der Waals surface area contributed by atoms with Gasteiger partial charge in [0, 0.05) is 38.3 Å². The minimum Gasteiger partial charge on any atom is -0.469 e. The zero-order chi connectivity index (χ0) is 15.9. The first-order valence-electron chi connectivity index (χ1n) is 7.81. The number of ether oxygens (including phenoxy) is 1. The van der Waals surface area contributed by atoms with Gasteiger partial charge in [-0.3, -0.25) is 14.5 Å². The minimum absolute atomic E-state index is 0.0928. The summed E-state index contributed by atoms with van der Waals surface area (Å²) in [4.78, 5) is 27.7. The largest absolute Gasteiger partial charge is 0.469 e. The number of rotatable bonds is 5. The van der Waals surface area contributed by atoms with Crippen molar-refractivity contribution in [3.05, 3.63) is 35.4 Å². The Morgan fingerprint density at radius 1 is 1.09 bits per heavy atom. The zero-order valence-electron chi connectivity index (χ0n) is 13.4. The van der Waals surface area contributed by atoms with Crippen molar-refractivity contribution in [1.82, 2.24) is 9.80 Å². The van der Waals surface area contributed by atoms with Gasteiger partial charge in [0.25, 0.3) is 5.91 Å². The van der Waals surface area contributed by atoms with Crippen molar-refractivity contribution in [2.45, 2.75) is 19.8 Å². The van der Waals surface area contributed by atoms with Gasteiger partial charge in [0.05, 0.1) is 13.5 Å². The Labute approximate surface area is 131 Å². The fourth-order valence-electron chi connectivity index (χ4n) is 2.59. The Morgan fingerprint density at radius 3 is 2.27 bits per heavy atom. The highest BCUT2D eigenvalue weighted by Gasteiger charge is 2.22. The standard InChI is InChI=1S/C17H24N2O3/c1-3-14-4-6-15(7-5-14)17(21)19-12-10-18(11-13-19)9-8-16(20)22-2/h4-7H,3,8-13H2,1-2H3. The van der Waals surface area contributed by atoms with Crippen LogP contribution in [0.5, 0.6) is 0 Å². The number of methoxy groups -OCH3 is 1. The number of hydrogen-bond donors (Lipinski definition) is 0. The predicted octanol–water partition coefficient (Wildman–Crippen LogP) is 1.57. The van der Waals surface area contributed by atoms with E-state index < -0.39 is 0 Å². The first-order valence-corrected chi connectivity index (χ1v) is 7.81. The monoisotopic (exact) mass is 304 g/mol. The first-order chi connectivity index (χ1) is 10.6. The van der Waals surface area contributed by atoms with Gasteiger partial charge in [0.1, 0.15) is 0 Å². The Kier molecular flexibility index (Phi) is 5.95. The van der Waals surface area contributed by atoms with Crippen molar-refractivity contribution in [3.8, 4) is 0 Å². The minimum atomic E-state index is -0.186. The summed E-state index contributed by atoms with van der Waals surface area (Å²) in [6.45, 7) is 5.81. The fraction of sp³-hybridized carbons (Fsp3) is 0.529. The topological polar surface area (TPSA) is 49.9 Å². The summed E-state index contributed by atoms with van der Waals surface area (Å²) in [7, 11) is 1.41. The third kappa shape index (κ3) is 4.31. The van der Waals surface area contributed by atoms with Crippen LogP contribution in [-0.2, 0) is 16.0 Å². The number of esters is 1. The number of piperazine rings is 1. The number of carbonyl (C=O) groups is 2. The number of benzene rings is 1. The van der Waals surface area contributed by atoms with Gasteiger partial charge in [-0.25, -0.2) is 0 Å². The maximum atomic E-state index is 12.5. The van der Waals surface area contributed by atoms with Gasteiger partial charge in [-0.1, -0.05) is 19.1 Å². The number of aryl methyl sites for hydroxylation is 1. The SMILES string of the molecule is CCc1ccc(C(=O)N2CCN(CCC(=O)OC)CC2)cc1. The summed E-state index contributed by atoms with van der Waals surface area (Å²) in [6, 6.07) is 7.84. The molecule has 0 bridgehead atoms. The van der Waals surface area contributed by atoms with Crippen molar-refractivity contribution in [2.24, 2.45) is 0 Å². The second-order valence-corrected chi connectivity index (χ2v) is 5.51. The third-order valence-electron chi connectivity index (χ3n) is 4.13. The Hall–Kier alpha value is -1.88. The van der Waals surface area contributed by atoms with E-state index in [2.05, 4.69) is 16.6 Å². The van der Waals surface area contributed by atoms with Gasteiger partial charge >= 0.3 is 5.97 Å². The van der Waals surface area contributed by atoms with Crippen LogP contribution in [0.2, 0.25) is 0 Å². The first kappa shape index (κ1) is 16.5. The lowest BCUT2D eigenvalue weighted by Gasteiger charge is -2.34. The smallest absolute Gasteiger partial charge is 0.306 e. The molecule has 0 N–H and O–H groups in total. The van der Waals surface area contributed by atoms with Crippen LogP contribution in [0, 0.1) is 0 Å². The molecule has 0 aliphatic carbocycles. The van der Waals surface area contributed by atoms with Crippen LogP contribution in [0.25, 0.3) is 0 Å². The van der Waals surface area contributed by atoms with Crippen molar-refractivity contribution in [2.75, 3.05) is 39.8 Å². The van der Waals surface area contributed by atoms with Crippen LogP contribution < -0.4 is 0 Å². The van der Waals surface area contributed by atoms with Crippen molar-refractivity contribution in [3.63, 3.8) is 0 Å². The van der Waals surface area contributed by atoms with Crippen LogP contribution in [0.1, 0.15) is 29.3 Å². The molecule has 5 heteroatoms. The molecule has 22 heavy (non-hydrogen) atoms. The number of amides is 1. The summed E-state index contributed by atoms with van der Waals surface area (Å²) in [6.07, 6.45) is 1.39. The molecular formula is C17H24N2O3. The molecule has 1 saturated heterocycles. The molecule has 120 valence electrons. The molecule has 1 fully saturated rings. The maximum Gasteiger partial charge on any atom is 0.306 e. The van der Waals surface area contributed by atoms with Crippen LogP contribution in [0.3, 0.4) is 0 Å². The van der Waals surface area contributed by atoms with Gasteiger partial charge in [-0.05, 0) is 24.1 Å². The quantitative estimate of drug-likeness (QED) is 0.775. The molecule has 5 nitrogen and oxygen atoms in total. The highest BCUT2D eigenvalue weighted by Crippen LogP contribution is 2.11. The van der Waals surface area contributed by atoms with Gasteiger partial charge in [-0.15, -0.1) is 0 Å². The maximum absolute atomic E-state index is 12.5. The van der Waals surface area contributed by atoms with Crippen LogP contribution in [0.4, 0.5) is 0 Å². The summed E-state index contributed by atoms with van der Waals surface area (Å²) in [5.74, 6) is -0.0928. The molecule has 1 aliphatic heterocycles. The predicted molar refractivity (Wildman–Crippen MR) is 84.8 cm³/mol. The molecule has 0 spiro atoms. The molecule has 1 aliphatic rings. The molecule has 2 rings (SSSR count). The average molecular weight is 304 g/mol. The lowest BCUT2D eigenvalue weighted by Crippen LogP contribution is -2.49. The van der Waals surface area contributed by atoms with Crippen molar-refractivity contribution in [1.29, 1.82) is 0 Å². The van der Waals surface area contributed by atoms with E-state index in [1.54, 1.807) is 0 Å². The summed E-state index contributed by atoms with van der Waals surface area (Å²) < 4.78 is 4.65. The molecule has 1 aromatic rings. The van der Waals surface area contributed by atoms with E-state index in [1.807, 2.05) is 29.2 Å². The van der Waals surface area contributed by atoms with Gasteiger partial charge < -0.3 is 9.64 Å². The fourth-order valence-corrected chi connectivity index (χ4v) is 2.59. The molecule has 1 amide bonds. The number of nitrogens with zero attached hydrogens (tertiary/aromatic N) is 2. The van der Waals surface area contributed by atoms with Crippen LogP contribution in [0.15, 0.2) is 24.3 Å². The summed E-state index contributed by atoms with van der Waals surface area (Å²) >= 11 is 0. The van der Waals surface area contributed by atoms with E-state index in [0.29, 0.717) is 26.1 Å². The average Bonchev–Trinajstić information content (AvgIpc) is 2.59. The van der Waals surface area contributed by atoms with Crippen LogP contribution >= 0.6 is 0 Å². The Balaban J connectivity index is 1.82. The lowest BCUT2D eigenvalue weighted by atomic mass is 10.1. The van der Waals surface area contributed by atoms with E-state index >= 15 is 0 Å². The molecule has 1 aromatic carbocycles. The van der Waals surface area contributed by atoms with E-state index in [1.165, 1.54) is 12.7 Å². The lowest BCUT2D eigenvalue weighted by molar-refractivity contribution is -0.141. The van der Waals surface area contributed by atoms with Gasteiger partial charge in [0.15, 0.2) is 0 Å². The second-order valence-electron chi connectivity index (χ2n) is 5.51. The Bertz CT molecular complexity index is 505. The van der Waals surface area contributed by atoms with E-state index in [4.69, 9.17) is 0 Å². The van der Waals surface area contributed by atoms with Crippen LogP contribution in [-0.4, -0.2) is 61.5 Å². The van der Waals surface area contributed by atoms with Gasteiger partial charge in [-0.2, -0.15) is 0 Å². The van der Waals surface area contributed by atoms with Crippen molar-refractivity contribution >= 4 is 11.9 Å². The van der Waals surface area contributed by atoms with E-state index in [0.717, 1.165) is 25.1 Å². The molecule has 1 heterocycles. The molecule has 0 aromatic heterocycles. The highest BCUT2D eigenvalue weighted by atomic mass is 16.5. The molecule has 0 unspecified atom stereocenters. The molecule has 0 radical (unpaired) electrons. The van der Waals surface area contributed by atoms with E-state index in [9.17, 15) is 9.59 Å². The highest BCUT2D eigenvalue weighted by molar-refractivity contribution is 5.94. The second kappa shape index (κ2) is 7.94. The molecule has 0 saturated carbocycles. The zero-order valence-corrected chi connectivity index (χ0v) is 13.4. The summed E-state index contributed by atoms with van der Waals surface area (Å²) in [5.41, 5.74) is 1.99. The molecule has 0 atom stereocenters. The number of hydrogen-bond acceptors (Lipinski definition) is 4. The number of carbonyl (C=O) groups excluding carboxylic acids is 2. The third-order valence-corrected chi connectivity index (χ3v) is 4.13. The van der Waals surface area contributed by atoms with Gasteiger partial charge in [0.2, 0.25) is 0 Å². The summed E-state index contributed by atoms with van der Waals surface area (Å²) in [5, 5.41) is 0. The Morgan fingerprint density at radius 2 is 1.73 bits per heavy atom. The normalized spacial score (nSPS) is 15.6. The van der Waals surface area contributed by atoms with E-state index in [-0.39, 0.29) is 11.9 Å². The molecular weight excluding hydrogens is 280 g/mol.